The largest absolute Gasteiger partial charge is 0.497 e. The van der Waals surface area contributed by atoms with E-state index in [0.29, 0.717) is 22.3 Å². The van der Waals surface area contributed by atoms with Gasteiger partial charge in [-0.05, 0) is 72.5 Å². The average Bonchev–Trinajstić information content (AvgIpc) is 3.50. The Bertz CT molecular complexity index is 1450. The number of hydrogen-bond donors (Lipinski definition) is 1. The van der Waals surface area contributed by atoms with E-state index in [9.17, 15) is 9.59 Å². The highest BCUT2D eigenvalue weighted by Gasteiger charge is 2.39. The maximum absolute atomic E-state index is 12.9. The number of thioether (sulfide) groups is 1. The zero-order valence-electron chi connectivity index (χ0n) is 21.3. The molecular weight excluding hydrogens is 520 g/mol. The number of rotatable bonds is 6. The van der Waals surface area contributed by atoms with Crippen LogP contribution < -0.4 is 10.1 Å². The summed E-state index contributed by atoms with van der Waals surface area (Å²) in [5.74, 6) is 0.173. The van der Waals surface area contributed by atoms with Gasteiger partial charge in [-0.25, -0.2) is 5.01 Å². The number of anilines is 1. The van der Waals surface area contributed by atoms with Crippen LogP contribution in [-0.2, 0) is 9.59 Å². The molecule has 3 aromatic carbocycles. The lowest BCUT2D eigenvalue weighted by Gasteiger charge is -2.23. The molecule has 9 heteroatoms. The van der Waals surface area contributed by atoms with Crippen LogP contribution in [0.25, 0.3) is 0 Å². The molecule has 0 bridgehead atoms. The summed E-state index contributed by atoms with van der Waals surface area (Å²) in [6.07, 6.45) is 0.634. The van der Waals surface area contributed by atoms with E-state index in [2.05, 4.69) is 10.3 Å². The molecule has 194 valence electrons. The van der Waals surface area contributed by atoms with Crippen LogP contribution in [0.2, 0.25) is 5.02 Å². The van der Waals surface area contributed by atoms with Crippen LogP contribution in [0.3, 0.4) is 0 Å². The van der Waals surface area contributed by atoms with Gasteiger partial charge in [0.1, 0.15) is 11.0 Å². The standard InChI is InChI=1S/C29H27ClN4O3S/c1-17-7-12-22(13-18(17)2)31-27(35)16-26-28(36)32-29(38-26)34-25(20-5-4-6-23(14-20)37-3)15-24(33-34)19-8-10-21(30)11-9-19/h4-14,25-26H,15-16H2,1-3H3,(H,31,35)/t25-,26+/m1/s1. The maximum Gasteiger partial charge on any atom is 0.262 e. The molecule has 7 nitrogen and oxygen atoms in total. The average molecular weight is 547 g/mol. The molecule has 2 amide bonds. The fourth-order valence-corrected chi connectivity index (χ4v) is 5.60. The van der Waals surface area contributed by atoms with E-state index in [1.165, 1.54) is 11.8 Å². The molecule has 2 aliphatic heterocycles. The van der Waals surface area contributed by atoms with Crippen molar-refractivity contribution in [1.29, 1.82) is 0 Å². The Hall–Kier alpha value is -3.62. The van der Waals surface area contributed by atoms with E-state index in [1.54, 1.807) is 12.1 Å². The number of methoxy groups -OCH3 is 1. The Morgan fingerprint density at radius 2 is 1.89 bits per heavy atom. The van der Waals surface area contributed by atoms with Gasteiger partial charge in [0.25, 0.3) is 5.91 Å². The highest BCUT2D eigenvalue weighted by atomic mass is 35.5. The summed E-state index contributed by atoms with van der Waals surface area (Å²) in [5.41, 5.74) is 5.75. The Balaban J connectivity index is 1.36. The van der Waals surface area contributed by atoms with E-state index in [4.69, 9.17) is 21.4 Å². The number of nitrogens with zero attached hydrogens (tertiary/aromatic N) is 3. The van der Waals surface area contributed by atoms with Crippen LogP contribution in [0.4, 0.5) is 5.69 Å². The molecule has 0 radical (unpaired) electrons. The molecule has 38 heavy (non-hydrogen) atoms. The Morgan fingerprint density at radius 3 is 2.63 bits per heavy atom. The summed E-state index contributed by atoms with van der Waals surface area (Å²) in [6, 6.07) is 20.9. The molecule has 0 aliphatic carbocycles. The highest BCUT2D eigenvalue weighted by Crippen LogP contribution is 2.39. The molecule has 1 N–H and O–H groups in total. The third-order valence-electron chi connectivity index (χ3n) is 6.65. The first-order valence-corrected chi connectivity index (χ1v) is 13.5. The van der Waals surface area contributed by atoms with Gasteiger partial charge in [-0.3, -0.25) is 9.59 Å². The second-order valence-electron chi connectivity index (χ2n) is 9.29. The molecule has 0 saturated heterocycles. The quantitative estimate of drug-likeness (QED) is 0.401. The molecule has 3 aromatic rings. The van der Waals surface area contributed by atoms with E-state index in [1.807, 2.05) is 80.6 Å². The van der Waals surface area contributed by atoms with E-state index in [0.717, 1.165) is 33.7 Å². The zero-order valence-corrected chi connectivity index (χ0v) is 22.8. The normalized spacial score (nSPS) is 18.8. The van der Waals surface area contributed by atoms with Gasteiger partial charge in [0, 0.05) is 23.6 Å². The number of amidine groups is 1. The van der Waals surface area contributed by atoms with Gasteiger partial charge < -0.3 is 10.1 Å². The molecular formula is C29H27ClN4O3S. The van der Waals surface area contributed by atoms with Gasteiger partial charge in [-0.2, -0.15) is 10.1 Å². The van der Waals surface area contributed by atoms with Gasteiger partial charge in [-0.15, -0.1) is 0 Å². The number of aryl methyl sites for hydroxylation is 2. The molecule has 2 atom stereocenters. The van der Waals surface area contributed by atoms with Gasteiger partial charge >= 0.3 is 0 Å². The number of halogens is 1. The minimum Gasteiger partial charge on any atom is -0.497 e. The molecule has 2 aliphatic rings. The number of benzene rings is 3. The number of aliphatic imine (C=N–C) groups is 1. The second kappa shape index (κ2) is 11.0. The fourth-order valence-electron chi connectivity index (χ4n) is 4.42. The third-order valence-corrected chi connectivity index (χ3v) is 8.05. The van der Waals surface area contributed by atoms with Crippen molar-refractivity contribution in [2.75, 3.05) is 12.4 Å². The molecule has 0 fully saturated rings. The van der Waals surface area contributed by atoms with Gasteiger partial charge in [0.05, 0.1) is 18.9 Å². The van der Waals surface area contributed by atoms with Gasteiger partial charge in [0.2, 0.25) is 5.91 Å². The van der Waals surface area contributed by atoms with Crippen molar-refractivity contribution in [1.82, 2.24) is 5.01 Å². The number of hydrogen-bond acceptors (Lipinski definition) is 6. The summed E-state index contributed by atoms with van der Waals surface area (Å²) < 4.78 is 5.44. The fraction of sp³-hybridized carbons (Fsp3) is 0.241. The minimum absolute atomic E-state index is 0.0227. The Labute approximate surface area is 230 Å². The zero-order chi connectivity index (χ0) is 26.8. The highest BCUT2D eigenvalue weighted by molar-refractivity contribution is 8.15. The number of hydrazone groups is 1. The maximum atomic E-state index is 12.9. The van der Waals surface area contributed by atoms with Crippen molar-refractivity contribution in [3.05, 3.63) is 94.0 Å². The lowest BCUT2D eigenvalue weighted by atomic mass is 9.98. The lowest BCUT2D eigenvalue weighted by Crippen LogP contribution is -2.25. The smallest absolute Gasteiger partial charge is 0.262 e. The topological polar surface area (TPSA) is 83.4 Å². The summed E-state index contributed by atoms with van der Waals surface area (Å²) in [4.78, 5) is 30.0. The van der Waals surface area contributed by atoms with Crippen molar-refractivity contribution in [2.45, 2.75) is 38.0 Å². The summed E-state index contributed by atoms with van der Waals surface area (Å²) >= 11 is 7.37. The molecule has 0 aromatic heterocycles. The molecule has 0 unspecified atom stereocenters. The van der Waals surface area contributed by atoms with Crippen LogP contribution in [0.1, 0.15) is 41.1 Å². The summed E-state index contributed by atoms with van der Waals surface area (Å²) in [5, 5.41) is 10.1. The Kier molecular flexibility index (Phi) is 7.53. The first-order valence-electron chi connectivity index (χ1n) is 12.2. The van der Waals surface area contributed by atoms with Crippen LogP contribution >= 0.6 is 23.4 Å². The monoisotopic (exact) mass is 546 g/mol. The number of ether oxygens (including phenoxy) is 1. The van der Waals surface area contributed by atoms with Crippen molar-refractivity contribution in [3.63, 3.8) is 0 Å². The molecule has 0 saturated carbocycles. The predicted octanol–water partition coefficient (Wildman–Crippen LogP) is 6.14. The number of nitrogens with one attached hydrogen (secondary N) is 1. The molecule has 0 spiro atoms. The SMILES string of the molecule is COc1cccc([C@H]2CC(c3ccc(Cl)cc3)=NN2C2=NC(=O)[C@H](CC(=O)Nc3ccc(C)c(C)c3)S2)c1. The van der Waals surface area contributed by atoms with E-state index >= 15 is 0 Å². The molecule has 5 rings (SSSR count). The minimum atomic E-state index is -0.614. The first-order chi connectivity index (χ1) is 18.3. The summed E-state index contributed by atoms with van der Waals surface area (Å²) in [6.45, 7) is 4.01. The number of carbonyl (C=O) groups excluding carboxylic acids is 2. The second-order valence-corrected chi connectivity index (χ2v) is 10.9. The van der Waals surface area contributed by atoms with Crippen molar-refractivity contribution < 1.29 is 14.3 Å². The van der Waals surface area contributed by atoms with Crippen molar-refractivity contribution in [2.24, 2.45) is 10.1 Å². The number of carbonyl (C=O) groups is 2. The van der Waals surface area contributed by atoms with Crippen molar-refractivity contribution >= 4 is 51.7 Å². The first kappa shape index (κ1) is 26.0. The van der Waals surface area contributed by atoms with E-state index in [-0.39, 0.29) is 24.3 Å². The number of amides is 2. The van der Waals surface area contributed by atoms with Gasteiger partial charge in [-0.1, -0.05) is 53.7 Å². The van der Waals surface area contributed by atoms with Crippen LogP contribution in [-0.4, -0.2) is 40.1 Å². The van der Waals surface area contributed by atoms with Crippen LogP contribution in [0.15, 0.2) is 76.8 Å². The van der Waals surface area contributed by atoms with Crippen LogP contribution in [0.5, 0.6) is 5.75 Å². The third kappa shape index (κ3) is 5.61. The lowest BCUT2D eigenvalue weighted by molar-refractivity contribution is -0.121. The molecule has 2 heterocycles. The predicted molar refractivity (Wildman–Crippen MR) is 153 cm³/mol. The summed E-state index contributed by atoms with van der Waals surface area (Å²) in [7, 11) is 1.63. The van der Waals surface area contributed by atoms with Crippen molar-refractivity contribution in [3.8, 4) is 5.75 Å². The van der Waals surface area contributed by atoms with Gasteiger partial charge in [0.15, 0.2) is 5.17 Å². The van der Waals surface area contributed by atoms with E-state index < -0.39 is 5.25 Å². The Morgan fingerprint density at radius 1 is 1.11 bits per heavy atom. The van der Waals surface area contributed by atoms with Crippen LogP contribution in [0, 0.1) is 13.8 Å².